The molecule has 2 fully saturated rings. The summed E-state index contributed by atoms with van der Waals surface area (Å²) >= 11 is 0. The van der Waals surface area contributed by atoms with Crippen LogP contribution in [0.15, 0.2) is 18.3 Å². The van der Waals surface area contributed by atoms with Gasteiger partial charge in [0.1, 0.15) is 0 Å². The Hall–Kier alpha value is -2.06. The molecule has 2 saturated carbocycles. The largest absolute Gasteiger partial charge is 0.417 e. The number of pyridine rings is 1. The molecule has 2 aliphatic carbocycles. The molecule has 0 unspecified atom stereocenters. The van der Waals surface area contributed by atoms with Gasteiger partial charge in [-0.05, 0) is 24.0 Å². The standard InChI is InChI=1S/C14H15F4N3O2/c15-12(16)23-9-5-7(2-4-19-9)6-20-13(22)21-11-8-1-3-14(17,18)10(8)11/h2,4-5,8,10-12H,1,3,6H2,(H2,20,21,22)/t8-,10+,11+/m0/s1. The Balaban J connectivity index is 1.47. The fourth-order valence-corrected chi connectivity index (χ4v) is 3.13. The van der Waals surface area contributed by atoms with Crippen molar-refractivity contribution in [2.24, 2.45) is 11.8 Å². The van der Waals surface area contributed by atoms with E-state index >= 15 is 0 Å². The molecule has 2 N–H and O–H groups in total. The van der Waals surface area contributed by atoms with Crippen LogP contribution in [0.3, 0.4) is 0 Å². The van der Waals surface area contributed by atoms with E-state index in [1.165, 1.54) is 18.3 Å². The second-order valence-corrected chi connectivity index (χ2v) is 5.72. The van der Waals surface area contributed by atoms with Gasteiger partial charge in [-0.15, -0.1) is 0 Å². The summed E-state index contributed by atoms with van der Waals surface area (Å²) in [5, 5.41) is 5.03. The fraction of sp³-hybridized carbons (Fsp3) is 0.571. The molecule has 0 spiro atoms. The van der Waals surface area contributed by atoms with Crippen molar-refractivity contribution >= 4 is 6.03 Å². The van der Waals surface area contributed by atoms with Gasteiger partial charge in [-0.3, -0.25) is 0 Å². The minimum Gasteiger partial charge on any atom is -0.417 e. The van der Waals surface area contributed by atoms with Crippen LogP contribution in [0.5, 0.6) is 5.88 Å². The zero-order valence-corrected chi connectivity index (χ0v) is 11.9. The zero-order chi connectivity index (χ0) is 16.6. The van der Waals surface area contributed by atoms with Crippen LogP contribution in [0, 0.1) is 11.8 Å². The molecule has 0 aromatic carbocycles. The van der Waals surface area contributed by atoms with Gasteiger partial charge in [-0.1, -0.05) is 0 Å². The Morgan fingerprint density at radius 2 is 2.26 bits per heavy atom. The highest BCUT2D eigenvalue weighted by molar-refractivity contribution is 5.74. The molecule has 9 heteroatoms. The van der Waals surface area contributed by atoms with E-state index in [0.717, 1.165) is 0 Å². The average Bonchev–Trinajstić information content (AvgIpc) is 3.06. The third-order valence-corrected chi connectivity index (χ3v) is 4.23. The number of alkyl halides is 4. The van der Waals surface area contributed by atoms with Crippen molar-refractivity contribution < 1.29 is 27.1 Å². The van der Waals surface area contributed by atoms with Gasteiger partial charge < -0.3 is 15.4 Å². The number of amides is 2. The maximum Gasteiger partial charge on any atom is 0.388 e. The molecule has 3 atom stereocenters. The predicted octanol–water partition coefficient (Wildman–Crippen LogP) is 2.53. The van der Waals surface area contributed by atoms with E-state index in [2.05, 4.69) is 20.4 Å². The third kappa shape index (κ3) is 3.48. The molecule has 1 aromatic heterocycles. The molecule has 5 nitrogen and oxygen atoms in total. The summed E-state index contributed by atoms with van der Waals surface area (Å²) in [6, 6.07) is 1.74. The SMILES string of the molecule is O=C(NCc1ccnc(OC(F)F)c1)N[C@@H]1[C@H]2CCC(F)(F)[C@H]21. The summed E-state index contributed by atoms with van der Waals surface area (Å²) in [4.78, 5) is 15.3. The van der Waals surface area contributed by atoms with Gasteiger partial charge in [0.05, 0.1) is 0 Å². The van der Waals surface area contributed by atoms with Crippen LogP contribution in [0.4, 0.5) is 22.4 Å². The lowest BCUT2D eigenvalue weighted by Gasteiger charge is -2.14. The van der Waals surface area contributed by atoms with E-state index in [1.807, 2.05) is 0 Å². The molecular formula is C14H15F4N3O2. The summed E-state index contributed by atoms with van der Waals surface area (Å²) in [6.45, 7) is -2.93. The van der Waals surface area contributed by atoms with Crippen molar-refractivity contribution in [1.82, 2.24) is 15.6 Å². The van der Waals surface area contributed by atoms with Crippen LogP contribution in [-0.4, -0.2) is 29.6 Å². The number of hydrogen-bond donors (Lipinski definition) is 2. The first kappa shape index (κ1) is 15.8. The highest BCUT2D eigenvalue weighted by Gasteiger charge is 2.68. The molecule has 0 saturated heterocycles. The maximum absolute atomic E-state index is 13.4. The molecular weight excluding hydrogens is 318 g/mol. The van der Waals surface area contributed by atoms with Gasteiger partial charge in [-0.2, -0.15) is 8.78 Å². The lowest BCUT2D eigenvalue weighted by molar-refractivity contribution is -0.0529. The van der Waals surface area contributed by atoms with E-state index in [9.17, 15) is 22.4 Å². The van der Waals surface area contributed by atoms with Gasteiger partial charge in [0.15, 0.2) is 0 Å². The number of nitrogens with one attached hydrogen (secondary N) is 2. The number of carbonyl (C=O) groups is 1. The molecule has 23 heavy (non-hydrogen) atoms. The van der Waals surface area contributed by atoms with Gasteiger partial charge in [-0.25, -0.2) is 18.6 Å². The Morgan fingerprint density at radius 1 is 1.48 bits per heavy atom. The Bertz CT molecular complexity index is 599. The van der Waals surface area contributed by atoms with Crippen LogP contribution in [0.25, 0.3) is 0 Å². The summed E-state index contributed by atoms with van der Waals surface area (Å²) in [5.74, 6) is -3.87. The number of hydrogen-bond acceptors (Lipinski definition) is 3. The average molecular weight is 333 g/mol. The molecule has 2 aliphatic rings. The molecule has 1 heterocycles. The number of ether oxygens (including phenoxy) is 1. The van der Waals surface area contributed by atoms with Crippen molar-refractivity contribution in [3.63, 3.8) is 0 Å². The summed E-state index contributed by atoms with van der Waals surface area (Å²) in [7, 11) is 0. The van der Waals surface area contributed by atoms with Crippen molar-refractivity contribution in [3.05, 3.63) is 23.9 Å². The minimum atomic E-state index is -2.98. The lowest BCUT2D eigenvalue weighted by Crippen LogP contribution is -2.39. The van der Waals surface area contributed by atoms with E-state index in [1.54, 1.807) is 0 Å². The Kier molecular flexibility index (Phi) is 4.03. The van der Waals surface area contributed by atoms with Gasteiger partial charge in [0, 0.05) is 37.2 Å². The molecule has 0 radical (unpaired) electrons. The van der Waals surface area contributed by atoms with Crippen molar-refractivity contribution in [2.45, 2.75) is 38.0 Å². The number of rotatable bonds is 5. The van der Waals surface area contributed by atoms with Crippen molar-refractivity contribution in [1.29, 1.82) is 0 Å². The van der Waals surface area contributed by atoms with Crippen LogP contribution in [-0.2, 0) is 6.54 Å². The number of halogens is 4. The topological polar surface area (TPSA) is 63.2 Å². The fourth-order valence-electron chi connectivity index (χ4n) is 3.13. The zero-order valence-electron chi connectivity index (χ0n) is 11.9. The molecule has 1 aromatic rings. The van der Waals surface area contributed by atoms with E-state index < -0.39 is 30.5 Å². The third-order valence-electron chi connectivity index (χ3n) is 4.23. The monoisotopic (exact) mass is 333 g/mol. The first-order valence-corrected chi connectivity index (χ1v) is 7.19. The molecule has 3 rings (SSSR count). The van der Waals surface area contributed by atoms with Gasteiger partial charge >= 0.3 is 12.6 Å². The van der Waals surface area contributed by atoms with E-state index in [-0.39, 0.29) is 24.8 Å². The molecule has 126 valence electrons. The van der Waals surface area contributed by atoms with Crippen LogP contribution < -0.4 is 15.4 Å². The first-order chi connectivity index (χ1) is 10.9. The lowest BCUT2D eigenvalue weighted by atomic mass is 10.2. The molecule has 2 amide bonds. The highest BCUT2D eigenvalue weighted by Crippen LogP contribution is 2.59. The number of carbonyl (C=O) groups excluding carboxylic acids is 1. The smallest absolute Gasteiger partial charge is 0.388 e. The number of aromatic nitrogens is 1. The summed E-state index contributed by atoms with van der Waals surface area (Å²) in [6.07, 6.45) is 1.58. The molecule has 0 aliphatic heterocycles. The van der Waals surface area contributed by atoms with E-state index in [4.69, 9.17) is 0 Å². The number of fused-ring (bicyclic) bond motifs is 1. The summed E-state index contributed by atoms with van der Waals surface area (Å²) < 4.78 is 55.2. The Labute approximate surface area is 129 Å². The molecule has 0 bridgehead atoms. The predicted molar refractivity (Wildman–Crippen MR) is 71.2 cm³/mol. The second kappa shape index (κ2) is 5.86. The normalized spacial score (nSPS) is 27.4. The van der Waals surface area contributed by atoms with Crippen LogP contribution in [0.1, 0.15) is 18.4 Å². The Morgan fingerprint density at radius 3 is 2.91 bits per heavy atom. The first-order valence-electron chi connectivity index (χ1n) is 7.19. The second-order valence-electron chi connectivity index (χ2n) is 5.72. The highest BCUT2D eigenvalue weighted by atomic mass is 19.3. The van der Waals surface area contributed by atoms with Gasteiger partial charge in [0.2, 0.25) is 5.88 Å². The van der Waals surface area contributed by atoms with Gasteiger partial charge in [0.25, 0.3) is 5.92 Å². The minimum absolute atomic E-state index is 0.0480. The van der Waals surface area contributed by atoms with Crippen LogP contribution >= 0.6 is 0 Å². The van der Waals surface area contributed by atoms with E-state index in [0.29, 0.717) is 12.0 Å². The quantitative estimate of drug-likeness (QED) is 0.814. The number of nitrogens with zero attached hydrogens (tertiary/aromatic N) is 1. The van der Waals surface area contributed by atoms with Crippen LogP contribution in [0.2, 0.25) is 0 Å². The van der Waals surface area contributed by atoms with Crippen molar-refractivity contribution in [2.75, 3.05) is 0 Å². The van der Waals surface area contributed by atoms with Crippen molar-refractivity contribution in [3.8, 4) is 5.88 Å². The summed E-state index contributed by atoms with van der Waals surface area (Å²) in [5.41, 5.74) is 0.507. The number of urea groups is 1. The maximum atomic E-state index is 13.4.